The van der Waals surface area contributed by atoms with Gasteiger partial charge in [-0.25, -0.2) is 0 Å². The van der Waals surface area contributed by atoms with Crippen LogP contribution in [0.25, 0.3) is 0 Å². The lowest BCUT2D eigenvalue weighted by Gasteiger charge is -2.46. The highest BCUT2D eigenvalue weighted by Crippen LogP contribution is 2.49. The van der Waals surface area contributed by atoms with E-state index in [9.17, 15) is 0 Å². The lowest BCUT2D eigenvalue weighted by atomic mass is 9.68. The first-order valence-corrected chi connectivity index (χ1v) is 12.1. The average Bonchev–Trinajstić information content (AvgIpc) is 3.42. The molecule has 1 N–H and O–H groups in total. The topological polar surface area (TPSA) is 43.4 Å². The summed E-state index contributed by atoms with van der Waals surface area (Å²) in [4.78, 5) is 6.31. The number of aromatic nitrogens is 1. The average molecular weight is 413 g/mol. The van der Waals surface area contributed by atoms with Crippen LogP contribution in [0.1, 0.15) is 67.2 Å². The Morgan fingerprint density at radius 1 is 1.14 bits per heavy atom. The van der Waals surface area contributed by atoms with Crippen molar-refractivity contribution >= 4 is 11.3 Å². The fourth-order valence-corrected chi connectivity index (χ4v) is 6.67. The van der Waals surface area contributed by atoms with Gasteiger partial charge in [0.15, 0.2) is 0 Å². The number of nitrogens with zero attached hydrogens (tertiary/aromatic N) is 1. The van der Waals surface area contributed by atoms with Gasteiger partial charge < -0.3 is 14.8 Å². The summed E-state index contributed by atoms with van der Waals surface area (Å²) in [5.74, 6) is 0. The highest BCUT2D eigenvalue weighted by atomic mass is 32.1. The third kappa shape index (κ3) is 4.02. The molecule has 0 amide bonds. The van der Waals surface area contributed by atoms with E-state index in [4.69, 9.17) is 14.5 Å². The van der Waals surface area contributed by atoms with E-state index in [2.05, 4.69) is 28.9 Å². The van der Waals surface area contributed by atoms with E-state index >= 15 is 0 Å². The Labute approximate surface area is 178 Å². The van der Waals surface area contributed by atoms with E-state index in [1.165, 1.54) is 41.8 Å². The molecular weight excluding hydrogens is 380 g/mol. The summed E-state index contributed by atoms with van der Waals surface area (Å²) in [5.41, 5.74) is 2.86. The molecule has 2 atom stereocenters. The van der Waals surface area contributed by atoms with Crippen LogP contribution in [0.5, 0.6) is 0 Å². The summed E-state index contributed by atoms with van der Waals surface area (Å²) in [7, 11) is 0. The molecule has 1 unspecified atom stereocenters. The minimum Gasteiger partial charge on any atom is -0.375 e. The minimum atomic E-state index is 0.0911. The van der Waals surface area contributed by atoms with Crippen molar-refractivity contribution in [1.29, 1.82) is 0 Å². The second kappa shape index (κ2) is 8.46. The largest absolute Gasteiger partial charge is 0.375 e. The molecule has 156 valence electrons. The number of rotatable bonds is 6. The van der Waals surface area contributed by atoms with Crippen LogP contribution in [-0.2, 0) is 21.3 Å². The maximum Gasteiger partial charge on any atom is 0.0960 e. The van der Waals surface area contributed by atoms with Crippen molar-refractivity contribution in [2.45, 2.75) is 68.5 Å². The van der Waals surface area contributed by atoms with Gasteiger partial charge in [-0.05, 0) is 67.8 Å². The molecule has 2 aromatic heterocycles. The highest BCUT2D eigenvalue weighted by Gasteiger charge is 2.48. The van der Waals surface area contributed by atoms with Crippen LogP contribution in [0.15, 0.2) is 35.8 Å². The van der Waals surface area contributed by atoms with Crippen molar-refractivity contribution < 1.29 is 9.47 Å². The van der Waals surface area contributed by atoms with Gasteiger partial charge in [0, 0.05) is 41.8 Å². The van der Waals surface area contributed by atoms with Crippen molar-refractivity contribution in [1.82, 2.24) is 10.3 Å². The number of nitrogens with one attached hydrogen (secondary N) is 1. The summed E-state index contributed by atoms with van der Waals surface area (Å²) in [5, 5.41) is 5.92. The molecule has 29 heavy (non-hydrogen) atoms. The Morgan fingerprint density at radius 2 is 2.07 bits per heavy atom. The van der Waals surface area contributed by atoms with E-state index in [1.54, 1.807) is 0 Å². The van der Waals surface area contributed by atoms with Crippen LogP contribution in [0, 0.1) is 0 Å². The smallest absolute Gasteiger partial charge is 0.0960 e. The molecule has 1 saturated heterocycles. The van der Waals surface area contributed by atoms with E-state index < -0.39 is 0 Å². The van der Waals surface area contributed by atoms with Crippen molar-refractivity contribution in [3.63, 3.8) is 0 Å². The van der Waals surface area contributed by atoms with Gasteiger partial charge >= 0.3 is 0 Å². The van der Waals surface area contributed by atoms with Gasteiger partial charge in [-0.2, -0.15) is 0 Å². The zero-order chi connectivity index (χ0) is 19.6. The van der Waals surface area contributed by atoms with Gasteiger partial charge in [0.05, 0.1) is 18.3 Å². The van der Waals surface area contributed by atoms with Crippen LogP contribution in [0.3, 0.4) is 0 Å². The maximum absolute atomic E-state index is 6.37. The summed E-state index contributed by atoms with van der Waals surface area (Å²) in [6.07, 6.45) is 11.6. The first-order chi connectivity index (χ1) is 14.3. The van der Waals surface area contributed by atoms with Gasteiger partial charge in [0.1, 0.15) is 0 Å². The number of fused-ring (bicyclic) bond motifs is 1. The zero-order valence-electron chi connectivity index (χ0n) is 17.2. The molecule has 5 heteroatoms. The minimum absolute atomic E-state index is 0.0911. The SMILES string of the molecule is c1ccc([C@]2(CCNCC3OCCc4sccc43)CCOC3(CCCC3)C2)nc1. The summed E-state index contributed by atoms with van der Waals surface area (Å²) in [6.45, 7) is 3.59. The standard InChI is InChI=1S/C24H32N2O2S/c1-4-12-26-22(5-1)23(11-15-28-24(18-23)8-2-3-9-24)10-13-25-17-20-19-7-16-29-21(19)6-14-27-20/h1,4-5,7,12,16,20,25H,2-3,6,8-11,13-15,17-18H2/t20?,23-/m1/s1. The molecule has 0 aromatic carbocycles. The molecule has 4 nitrogen and oxygen atoms in total. The van der Waals surface area contributed by atoms with Gasteiger partial charge in [0.2, 0.25) is 0 Å². The second-order valence-electron chi connectivity index (χ2n) is 9.02. The third-order valence-corrected chi connectivity index (χ3v) is 8.25. The van der Waals surface area contributed by atoms with E-state index in [0.29, 0.717) is 0 Å². The number of hydrogen-bond acceptors (Lipinski definition) is 5. The summed E-state index contributed by atoms with van der Waals surface area (Å²) < 4.78 is 12.4. The van der Waals surface area contributed by atoms with Gasteiger partial charge in [-0.3, -0.25) is 4.98 Å². The fraction of sp³-hybridized carbons (Fsp3) is 0.625. The lowest BCUT2D eigenvalue weighted by molar-refractivity contribution is -0.104. The molecule has 1 aliphatic carbocycles. The predicted molar refractivity (Wildman–Crippen MR) is 117 cm³/mol. The first-order valence-electron chi connectivity index (χ1n) is 11.2. The molecule has 2 aromatic rings. The van der Waals surface area contributed by atoms with E-state index in [1.807, 2.05) is 23.6 Å². The number of pyridine rings is 1. The maximum atomic E-state index is 6.37. The molecule has 4 heterocycles. The van der Waals surface area contributed by atoms with Crippen molar-refractivity contribution in [3.8, 4) is 0 Å². The Morgan fingerprint density at radius 3 is 2.93 bits per heavy atom. The molecule has 0 bridgehead atoms. The van der Waals surface area contributed by atoms with Crippen LogP contribution >= 0.6 is 11.3 Å². The Kier molecular flexibility index (Phi) is 5.74. The van der Waals surface area contributed by atoms with Crippen LogP contribution in [-0.4, -0.2) is 36.9 Å². The molecule has 0 radical (unpaired) electrons. The molecule has 5 rings (SSSR count). The molecule has 2 aliphatic heterocycles. The van der Waals surface area contributed by atoms with Gasteiger partial charge in [-0.1, -0.05) is 18.9 Å². The van der Waals surface area contributed by atoms with Crippen LogP contribution in [0.2, 0.25) is 0 Å². The third-order valence-electron chi connectivity index (χ3n) is 7.26. The van der Waals surface area contributed by atoms with Gasteiger partial charge in [0.25, 0.3) is 0 Å². The van der Waals surface area contributed by atoms with E-state index in [-0.39, 0.29) is 17.1 Å². The number of hydrogen-bond donors (Lipinski definition) is 1. The first kappa shape index (κ1) is 19.7. The number of thiophene rings is 1. The zero-order valence-corrected chi connectivity index (χ0v) is 18.0. The molecule has 3 aliphatic rings. The summed E-state index contributed by atoms with van der Waals surface area (Å²) >= 11 is 1.87. The van der Waals surface area contributed by atoms with Crippen molar-refractivity contribution in [3.05, 3.63) is 52.0 Å². The molecule has 1 saturated carbocycles. The number of ether oxygens (including phenoxy) is 2. The highest BCUT2D eigenvalue weighted by molar-refractivity contribution is 7.10. The van der Waals surface area contributed by atoms with Crippen LogP contribution in [0.4, 0.5) is 0 Å². The lowest BCUT2D eigenvalue weighted by Crippen LogP contribution is -2.47. The van der Waals surface area contributed by atoms with Crippen LogP contribution < -0.4 is 5.32 Å². The predicted octanol–water partition coefficient (Wildman–Crippen LogP) is 4.80. The quantitative estimate of drug-likeness (QED) is 0.692. The Balaban J connectivity index is 1.26. The normalized spacial score (nSPS) is 28.5. The fourth-order valence-electron chi connectivity index (χ4n) is 5.75. The Bertz CT molecular complexity index is 802. The van der Waals surface area contributed by atoms with Crippen molar-refractivity contribution in [2.24, 2.45) is 0 Å². The molecule has 2 fully saturated rings. The van der Waals surface area contributed by atoms with Crippen molar-refractivity contribution in [2.75, 3.05) is 26.3 Å². The van der Waals surface area contributed by atoms with E-state index in [0.717, 1.165) is 52.0 Å². The van der Waals surface area contributed by atoms with Gasteiger partial charge in [-0.15, -0.1) is 11.3 Å². The summed E-state index contributed by atoms with van der Waals surface area (Å²) in [6, 6.07) is 8.64. The second-order valence-corrected chi connectivity index (χ2v) is 10.0. The molecule has 1 spiro atoms. The monoisotopic (exact) mass is 412 g/mol. The Hall–Kier alpha value is -1.27. The molecular formula is C24H32N2O2S.